The van der Waals surface area contributed by atoms with E-state index in [1.165, 1.54) is 4.90 Å². The van der Waals surface area contributed by atoms with E-state index < -0.39 is 5.25 Å². The zero-order chi connectivity index (χ0) is 25.7. The molecule has 0 radical (unpaired) electrons. The number of carbonyl (C=O) groups excluding carboxylic acids is 2. The summed E-state index contributed by atoms with van der Waals surface area (Å²) in [4.78, 5) is 26.8. The summed E-state index contributed by atoms with van der Waals surface area (Å²) in [6, 6.07) is 19.9. The SMILES string of the molecule is CCOc1cc(C[C@@H]2SC(=O)N(Cc3ccc(Cl)cc3)C2=O)cc(Cl)c1OCc1ccccc1C#N. The predicted octanol–water partition coefficient (Wildman–Crippen LogP) is 6.65. The molecule has 36 heavy (non-hydrogen) atoms. The van der Waals surface area contributed by atoms with Gasteiger partial charge in [0.05, 0.1) is 35.1 Å². The normalized spacial score (nSPS) is 15.2. The van der Waals surface area contributed by atoms with Gasteiger partial charge in [-0.3, -0.25) is 14.5 Å². The monoisotopic (exact) mass is 540 g/mol. The second kappa shape index (κ2) is 11.7. The maximum absolute atomic E-state index is 13.0. The number of rotatable bonds is 9. The van der Waals surface area contributed by atoms with E-state index in [0.717, 1.165) is 28.5 Å². The molecule has 4 rings (SSSR count). The molecule has 1 saturated heterocycles. The van der Waals surface area contributed by atoms with Crippen molar-refractivity contribution in [3.8, 4) is 17.6 Å². The van der Waals surface area contributed by atoms with Gasteiger partial charge in [0.15, 0.2) is 11.5 Å². The average molecular weight is 541 g/mol. The van der Waals surface area contributed by atoms with Crippen LogP contribution in [-0.2, 0) is 24.4 Å². The van der Waals surface area contributed by atoms with E-state index in [9.17, 15) is 14.9 Å². The van der Waals surface area contributed by atoms with Crippen molar-refractivity contribution in [2.24, 2.45) is 0 Å². The number of imide groups is 1. The molecule has 0 saturated carbocycles. The van der Waals surface area contributed by atoms with Crippen LogP contribution in [0.5, 0.6) is 11.5 Å². The summed E-state index contributed by atoms with van der Waals surface area (Å²) in [5.41, 5.74) is 2.83. The van der Waals surface area contributed by atoms with Crippen LogP contribution in [0.1, 0.15) is 29.2 Å². The summed E-state index contributed by atoms with van der Waals surface area (Å²) >= 11 is 13.5. The summed E-state index contributed by atoms with van der Waals surface area (Å²) in [6.45, 7) is 2.57. The molecule has 1 fully saturated rings. The van der Waals surface area contributed by atoms with E-state index in [0.29, 0.717) is 40.1 Å². The minimum Gasteiger partial charge on any atom is -0.490 e. The highest BCUT2D eigenvalue weighted by molar-refractivity contribution is 8.15. The van der Waals surface area contributed by atoms with Crippen molar-refractivity contribution in [3.63, 3.8) is 0 Å². The molecular formula is C27H22Cl2N2O4S. The van der Waals surface area contributed by atoms with Crippen LogP contribution in [0.15, 0.2) is 60.7 Å². The third-order valence-electron chi connectivity index (χ3n) is 5.56. The first-order valence-corrected chi connectivity index (χ1v) is 12.9. The number of nitriles is 1. The molecule has 0 spiro atoms. The topological polar surface area (TPSA) is 79.6 Å². The summed E-state index contributed by atoms with van der Waals surface area (Å²) in [5, 5.41) is 9.38. The Balaban J connectivity index is 1.49. The molecule has 184 valence electrons. The largest absolute Gasteiger partial charge is 0.490 e. The van der Waals surface area contributed by atoms with Crippen molar-refractivity contribution in [3.05, 3.63) is 93.0 Å². The molecule has 1 atom stereocenters. The Morgan fingerprint density at radius 2 is 1.78 bits per heavy atom. The molecule has 0 N–H and O–H groups in total. The maximum Gasteiger partial charge on any atom is 0.289 e. The van der Waals surface area contributed by atoms with Gasteiger partial charge in [-0.1, -0.05) is 65.3 Å². The first-order valence-electron chi connectivity index (χ1n) is 11.2. The lowest BCUT2D eigenvalue weighted by molar-refractivity contribution is -0.127. The first kappa shape index (κ1) is 25.9. The Morgan fingerprint density at radius 1 is 1.03 bits per heavy atom. The lowest BCUT2D eigenvalue weighted by atomic mass is 10.1. The van der Waals surface area contributed by atoms with Crippen LogP contribution < -0.4 is 9.47 Å². The number of hydrogen-bond acceptors (Lipinski definition) is 6. The zero-order valence-electron chi connectivity index (χ0n) is 19.4. The minimum atomic E-state index is -0.565. The van der Waals surface area contributed by atoms with E-state index in [4.69, 9.17) is 32.7 Å². The molecule has 0 unspecified atom stereocenters. The molecule has 1 aliphatic rings. The van der Waals surface area contributed by atoms with Gasteiger partial charge in [0.25, 0.3) is 5.24 Å². The number of benzene rings is 3. The Morgan fingerprint density at radius 3 is 2.50 bits per heavy atom. The molecule has 6 nitrogen and oxygen atoms in total. The molecule has 0 aromatic heterocycles. The quantitative estimate of drug-likeness (QED) is 0.302. The Hall–Kier alpha value is -3.18. The fraction of sp³-hybridized carbons (Fsp3) is 0.222. The second-order valence-corrected chi connectivity index (χ2v) is 10.0. The van der Waals surface area contributed by atoms with Crippen LogP contribution in [-0.4, -0.2) is 27.9 Å². The summed E-state index contributed by atoms with van der Waals surface area (Å²) in [7, 11) is 0. The van der Waals surface area contributed by atoms with Crippen LogP contribution in [0.25, 0.3) is 0 Å². The number of ether oxygens (including phenoxy) is 2. The van der Waals surface area contributed by atoms with Gasteiger partial charge in [0.1, 0.15) is 6.61 Å². The van der Waals surface area contributed by atoms with Crippen LogP contribution in [0.2, 0.25) is 10.0 Å². The van der Waals surface area contributed by atoms with Gasteiger partial charge in [-0.15, -0.1) is 0 Å². The Kier molecular flexibility index (Phi) is 8.42. The van der Waals surface area contributed by atoms with Crippen molar-refractivity contribution < 1.29 is 19.1 Å². The molecule has 2 amide bonds. The van der Waals surface area contributed by atoms with Crippen molar-refractivity contribution in [2.75, 3.05) is 6.61 Å². The number of halogens is 2. The van der Waals surface area contributed by atoms with Crippen molar-refractivity contribution >= 4 is 46.1 Å². The third-order valence-corrected chi connectivity index (χ3v) is 7.17. The molecule has 3 aromatic rings. The van der Waals surface area contributed by atoms with Gasteiger partial charge in [-0.25, -0.2) is 0 Å². The van der Waals surface area contributed by atoms with Gasteiger partial charge in [0.2, 0.25) is 5.91 Å². The van der Waals surface area contributed by atoms with Gasteiger partial charge in [-0.2, -0.15) is 5.26 Å². The average Bonchev–Trinajstić information content (AvgIpc) is 3.12. The molecular weight excluding hydrogens is 519 g/mol. The highest BCUT2D eigenvalue weighted by atomic mass is 35.5. The number of thioether (sulfide) groups is 1. The fourth-order valence-corrected chi connectivity index (χ4v) is 5.25. The van der Waals surface area contributed by atoms with E-state index >= 15 is 0 Å². The summed E-state index contributed by atoms with van der Waals surface area (Å²) < 4.78 is 11.7. The van der Waals surface area contributed by atoms with E-state index in [1.54, 1.807) is 48.5 Å². The van der Waals surface area contributed by atoms with Crippen molar-refractivity contribution in [1.29, 1.82) is 5.26 Å². The van der Waals surface area contributed by atoms with Gasteiger partial charge in [0, 0.05) is 10.6 Å². The molecule has 1 aliphatic heterocycles. The van der Waals surface area contributed by atoms with E-state index in [1.807, 2.05) is 19.1 Å². The highest BCUT2D eigenvalue weighted by Crippen LogP contribution is 2.39. The van der Waals surface area contributed by atoms with Crippen LogP contribution in [0.4, 0.5) is 4.79 Å². The maximum atomic E-state index is 13.0. The van der Waals surface area contributed by atoms with E-state index in [-0.39, 0.29) is 24.3 Å². The molecule has 3 aromatic carbocycles. The summed E-state index contributed by atoms with van der Waals surface area (Å²) in [6.07, 6.45) is 0.309. The molecule has 0 bridgehead atoms. The van der Waals surface area contributed by atoms with Crippen molar-refractivity contribution in [2.45, 2.75) is 31.7 Å². The lowest BCUT2D eigenvalue weighted by Gasteiger charge is -2.17. The van der Waals surface area contributed by atoms with Crippen LogP contribution in [0, 0.1) is 11.3 Å². The van der Waals surface area contributed by atoms with E-state index in [2.05, 4.69) is 6.07 Å². The zero-order valence-corrected chi connectivity index (χ0v) is 21.7. The number of nitrogens with zero attached hydrogens (tertiary/aromatic N) is 2. The minimum absolute atomic E-state index is 0.147. The second-order valence-electron chi connectivity index (χ2n) is 8.02. The molecule has 1 heterocycles. The predicted molar refractivity (Wildman–Crippen MR) is 141 cm³/mol. The van der Waals surface area contributed by atoms with Crippen molar-refractivity contribution in [1.82, 2.24) is 4.90 Å². The number of amides is 2. The Labute approximate surface area is 223 Å². The Bertz CT molecular complexity index is 1320. The highest BCUT2D eigenvalue weighted by Gasteiger charge is 2.39. The van der Waals surface area contributed by atoms with Gasteiger partial charge < -0.3 is 9.47 Å². The smallest absolute Gasteiger partial charge is 0.289 e. The first-order chi connectivity index (χ1) is 17.4. The molecule has 9 heteroatoms. The third kappa shape index (κ3) is 5.96. The van der Waals surface area contributed by atoms with Gasteiger partial charge >= 0.3 is 0 Å². The fourth-order valence-electron chi connectivity index (χ4n) is 3.80. The van der Waals surface area contributed by atoms with Crippen LogP contribution in [0.3, 0.4) is 0 Å². The number of hydrogen-bond donors (Lipinski definition) is 0. The lowest BCUT2D eigenvalue weighted by Crippen LogP contribution is -2.31. The standard InChI is InChI=1S/C27H22Cl2N2O4S/c1-2-34-23-12-18(11-22(29)25(23)35-16-20-6-4-3-5-19(20)14-30)13-24-26(32)31(27(33)36-24)15-17-7-9-21(28)10-8-17/h3-12,24H,2,13,15-16H2,1H3/t24-/m0/s1. The van der Waals surface area contributed by atoms with Crippen LogP contribution >= 0.6 is 35.0 Å². The number of carbonyl (C=O) groups is 2. The summed E-state index contributed by atoms with van der Waals surface area (Å²) in [5.74, 6) is 0.553. The van der Waals surface area contributed by atoms with Gasteiger partial charge in [-0.05, 0) is 54.8 Å². The molecule has 0 aliphatic carbocycles.